The molecule has 2 rings (SSSR count). The van der Waals surface area contributed by atoms with Crippen LogP contribution >= 0.6 is 23.4 Å². The van der Waals surface area contributed by atoms with E-state index in [0.29, 0.717) is 5.92 Å². The van der Waals surface area contributed by atoms with Crippen molar-refractivity contribution in [3.8, 4) is 0 Å². The van der Waals surface area contributed by atoms with Crippen LogP contribution in [0.2, 0.25) is 5.02 Å². The Kier molecular flexibility index (Phi) is 5.86. The molecule has 0 bridgehead atoms. The van der Waals surface area contributed by atoms with E-state index < -0.39 is 0 Å². The minimum absolute atomic E-state index is 0.675. The quantitative estimate of drug-likeness (QED) is 0.893. The molecule has 2 nitrogen and oxygen atoms in total. The first-order chi connectivity index (χ1) is 9.16. The average molecular weight is 299 g/mol. The number of halogens is 1. The third-order valence-electron chi connectivity index (χ3n) is 3.26. The summed E-state index contributed by atoms with van der Waals surface area (Å²) in [5, 5.41) is 4.35. The summed E-state index contributed by atoms with van der Waals surface area (Å²) in [5.41, 5.74) is 2.67. The minimum atomic E-state index is 0.675. The lowest BCUT2D eigenvalue weighted by Crippen LogP contribution is -2.33. The van der Waals surface area contributed by atoms with Gasteiger partial charge in [-0.25, -0.2) is 0 Å². The summed E-state index contributed by atoms with van der Waals surface area (Å²) < 4.78 is 0. The second kappa shape index (κ2) is 7.41. The Hall–Kier alpha value is -0.380. The molecule has 1 N–H and O–H groups in total. The zero-order chi connectivity index (χ0) is 13.7. The summed E-state index contributed by atoms with van der Waals surface area (Å²) in [6.45, 7) is 8.69. The van der Waals surface area contributed by atoms with Crippen LogP contribution < -0.4 is 10.2 Å². The van der Waals surface area contributed by atoms with Crippen LogP contribution in [0.4, 0.5) is 5.69 Å². The maximum absolute atomic E-state index is 6.15. The lowest BCUT2D eigenvalue weighted by molar-refractivity contribution is 0.552. The van der Waals surface area contributed by atoms with Gasteiger partial charge in [-0.1, -0.05) is 25.4 Å². The topological polar surface area (TPSA) is 15.3 Å². The molecule has 0 aliphatic carbocycles. The monoisotopic (exact) mass is 298 g/mol. The van der Waals surface area contributed by atoms with Crippen molar-refractivity contribution in [3.63, 3.8) is 0 Å². The first-order valence-corrected chi connectivity index (χ1v) is 8.52. The number of nitrogens with zero attached hydrogens (tertiary/aromatic N) is 1. The van der Waals surface area contributed by atoms with Gasteiger partial charge in [-0.05, 0) is 36.2 Å². The fourth-order valence-electron chi connectivity index (χ4n) is 2.30. The highest BCUT2D eigenvalue weighted by Crippen LogP contribution is 2.26. The lowest BCUT2D eigenvalue weighted by Gasteiger charge is -2.30. The predicted molar refractivity (Wildman–Crippen MR) is 87.5 cm³/mol. The lowest BCUT2D eigenvalue weighted by atomic mass is 10.1. The van der Waals surface area contributed by atoms with E-state index in [1.165, 1.54) is 22.8 Å². The van der Waals surface area contributed by atoms with Crippen LogP contribution in [0.5, 0.6) is 0 Å². The van der Waals surface area contributed by atoms with E-state index in [9.17, 15) is 0 Å². The number of thioether (sulfide) groups is 1. The normalized spacial score (nSPS) is 16.1. The summed E-state index contributed by atoms with van der Waals surface area (Å²) in [6, 6.07) is 6.28. The molecular formula is C15H23ClN2S. The standard InChI is InChI=1S/C15H23ClN2S/c1-12(2)10-17-11-13-9-14(16)3-4-15(13)18-5-7-19-8-6-18/h3-4,9,12,17H,5-8,10-11H2,1-2H3. The van der Waals surface area contributed by atoms with Gasteiger partial charge in [-0.3, -0.25) is 0 Å². The Labute approximate surface area is 125 Å². The number of anilines is 1. The zero-order valence-corrected chi connectivity index (χ0v) is 13.4. The Bertz CT molecular complexity index is 403. The largest absolute Gasteiger partial charge is 0.370 e. The molecule has 0 amide bonds. The van der Waals surface area contributed by atoms with E-state index >= 15 is 0 Å². The van der Waals surface area contributed by atoms with Crippen molar-refractivity contribution in [3.05, 3.63) is 28.8 Å². The SMILES string of the molecule is CC(C)CNCc1cc(Cl)ccc1N1CCSCC1. The van der Waals surface area contributed by atoms with Crippen molar-refractivity contribution in [2.75, 3.05) is 36.0 Å². The van der Waals surface area contributed by atoms with Crippen molar-refractivity contribution in [1.82, 2.24) is 5.32 Å². The molecule has 4 heteroatoms. The van der Waals surface area contributed by atoms with Gasteiger partial charge in [0, 0.05) is 41.8 Å². The number of hydrogen-bond donors (Lipinski definition) is 1. The summed E-state index contributed by atoms with van der Waals surface area (Å²) in [5.74, 6) is 3.12. The molecular weight excluding hydrogens is 276 g/mol. The summed E-state index contributed by atoms with van der Waals surface area (Å²) in [7, 11) is 0. The van der Waals surface area contributed by atoms with E-state index in [1.54, 1.807) is 0 Å². The Morgan fingerprint density at radius 1 is 1.32 bits per heavy atom. The second-order valence-electron chi connectivity index (χ2n) is 5.40. The summed E-state index contributed by atoms with van der Waals surface area (Å²) in [4.78, 5) is 2.49. The van der Waals surface area contributed by atoms with Gasteiger partial charge in [0.2, 0.25) is 0 Å². The fraction of sp³-hybridized carbons (Fsp3) is 0.600. The molecule has 0 radical (unpaired) electrons. The molecule has 1 aromatic rings. The van der Waals surface area contributed by atoms with Crippen LogP contribution in [0.15, 0.2) is 18.2 Å². The van der Waals surface area contributed by atoms with E-state index in [1.807, 2.05) is 17.8 Å². The highest BCUT2D eigenvalue weighted by atomic mass is 35.5. The molecule has 0 aromatic heterocycles. The number of hydrogen-bond acceptors (Lipinski definition) is 3. The molecule has 0 atom stereocenters. The van der Waals surface area contributed by atoms with E-state index in [4.69, 9.17) is 11.6 Å². The third kappa shape index (κ3) is 4.59. The first-order valence-electron chi connectivity index (χ1n) is 6.98. The smallest absolute Gasteiger partial charge is 0.0413 e. The van der Waals surface area contributed by atoms with Crippen LogP contribution in [0, 0.1) is 5.92 Å². The second-order valence-corrected chi connectivity index (χ2v) is 7.06. The fourth-order valence-corrected chi connectivity index (χ4v) is 3.40. The van der Waals surface area contributed by atoms with Crippen molar-refractivity contribution in [2.45, 2.75) is 20.4 Å². The Morgan fingerprint density at radius 2 is 2.05 bits per heavy atom. The van der Waals surface area contributed by atoms with Crippen molar-refractivity contribution < 1.29 is 0 Å². The Balaban J connectivity index is 2.08. The molecule has 1 fully saturated rings. The van der Waals surface area contributed by atoms with Crippen molar-refractivity contribution in [2.24, 2.45) is 5.92 Å². The molecule has 1 saturated heterocycles. The number of rotatable bonds is 5. The molecule has 1 aliphatic heterocycles. The maximum Gasteiger partial charge on any atom is 0.0413 e. The van der Waals surface area contributed by atoms with Crippen LogP contribution in [-0.2, 0) is 6.54 Å². The molecule has 106 valence electrons. The van der Waals surface area contributed by atoms with Gasteiger partial charge in [0.15, 0.2) is 0 Å². The Morgan fingerprint density at radius 3 is 2.74 bits per heavy atom. The highest BCUT2D eigenvalue weighted by Gasteiger charge is 2.14. The van der Waals surface area contributed by atoms with E-state index in [2.05, 4.69) is 36.2 Å². The predicted octanol–water partition coefficient (Wildman–Crippen LogP) is 3.64. The zero-order valence-electron chi connectivity index (χ0n) is 11.8. The third-order valence-corrected chi connectivity index (χ3v) is 4.44. The van der Waals surface area contributed by atoms with Gasteiger partial charge in [-0.2, -0.15) is 11.8 Å². The van der Waals surface area contributed by atoms with Crippen LogP contribution in [0.3, 0.4) is 0 Å². The van der Waals surface area contributed by atoms with Gasteiger partial charge in [0.25, 0.3) is 0 Å². The molecule has 0 spiro atoms. The average Bonchev–Trinajstić information content (AvgIpc) is 2.39. The number of benzene rings is 1. The molecule has 19 heavy (non-hydrogen) atoms. The molecule has 1 aromatic carbocycles. The van der Waals surface area contributed by atoms with Gasteiger partial charge in [0.05, 0.1) is 0 Å². The molecule has 0 saturated carbocycles. The van der Waals surface area contributed by atoms with Gasteiger partial charge in [0.1, 0.15) is 0 Å². The maximum atomic E-state index is 6.15. The van der Waals surface area contributed by atoms with Crippen LogP contribution in [0.1, 0.15) is 19.4 Å². The minimum Gasteiger partial charge on any atom is -0.370 e. The summed E-state index contributed by atoms with van der Waals surface area (Å²) in [6.07, 6.45) is 0. The van der Waals surface area contributed by atoms with Crippen molar-refractivity contribution >= 4 is 29.1 Å². The van der Waals surface area contributed by atoms with Gasteiger partial charge in [-0.15, -0.1) is 0 Å². The molecule has 0 unspecified atom stereocenters. The van der Waals surface area contributed by atoms with E-state index in [0.717, 1.165) is 31.2 Å². The number of nitrogens with one attached hydrogen (secondary N) is 1. The van der Waals surface area contributed by atoms with Crippen molar-refractivity contribution in [1.29, 1.82) is 0 Å². The van der Waals surface area contributed by atoms with Crippen LogP contribution in [-0.4, -0.2) is 31.1 Å². The summed E-state index contributed by atoms with van der Waals surface area (Å²) >= 11 is 8.19. The molecule has 1 aliphatic rings. The molecule has 1 heterocycles. The van der Waals surface area contributed by atoms with Crippen LogP contribution in [0.25, 0.3) is 0 Å². The van der Waals surface area contributed by atoms with E-state index in [-0.39, 0.29) is 0 Å². The highest BCUT2D eigenvalue weighted by molar-refractivity contribution is 7.99. The van der Waals surface area contributed by atoms with Gasteiger partial charge >= 0.3 is 0 Å². The first kappa shape index (κ1) is 15.0. The van der Waals surface area contributed by atoms with Gasteiger partial charge < -0.3 is 10.2 Å².